The third-order valence-electron chi connectivity index (χ3n) is 5.08. The van der Waals surface area contributed by atoms with Gasteiger partial charge in [0, 0.05) is 17.8 Å². The lowest BCUT2D eigenvalue weighted by atomic mass is 10.0. The van der Waals surface area contributed by atoms with Crippen molar-refractivity contribution in [1.82, 2.24) is 9.97 Å². The van der Waals surface area contributed by atoms with Gasteiger partial charge in [0.15, 0.2) is 5.16 Å². The Morgan fingerprint density at radius 2 is 1.84 bits per heavy atom. The Hall–Kier alpha value is -2.87. The van der Waals surface area contributed by atoms with Crippen molar-refractivity contribution in [2.75, 3.05) is 17.2 Å². The molecule has 0 aliphatic carbocycles. The van der Waals surface area contributed by atoms with Crippen molar-refractivity contribution in [3.8, 4) is 11.3 Å². The van der Waals surface area contributed by atoms with E-state index in [1.807, 2.05) is 43.3 Å². The average Bonchev–Trinajstić information content (AvgIpc) is 2.77. The first-order valence-electron chi connectivity index (χ1n) is 9.85. The summed E-state index contributed by atoms with van der Waals surface area (Å²) in [6.07, 6.45) is -2.84. The molecular weight excluding hydrogens is 423 g/mol. The second kappa shape index (κ2) is 8.70. The molecule has 0 N–H and O–H groups in total. The predicted molar refractivity (Wildman–Crippen MR) is 115 cm³/mol. The molecule has 2 aromatic carbocycles. The number of fused-ring (bicyclic) bond motifs is 1. The number of hydrogen-bond donors (Lipinski definition) is 0. The summed E-state index contributed by atoms with van der Waals surface area (Å²) in [7, 11) is 0. The minimum Gasteiger partial charge on any atom is -0.311 e. The van der Waals surface area contributed by atoms with Crippen LogP contribution in [0.5, 0.6) is 0 Å². The first-order valence-corrected chi connectivity index (χ1v) is 10.8. The summed E-state index contributed by atoms with van der Waals surface area (Å²) < 4.78 is 40.2. The molecule has 0 spiro atoms. The molecule has 2 heterocycles. The van der Waals surface area contributed by atoms with Crippen LogP contribution in [0.1, 0.15) is 23.2 Å². The van der Waals surface area contributed by atoms with E-state index in [-0.39, 0.29) is 22.5 Å². The molecule has 4 rings (SSSR count). The lowest BCUT2D eigenvalue weighted by molar-refractivity contribution is -0.141. The first kappa shape index (κ1) is 21.4. The smallest absolute Gasteiger partial charge is 0.311 e. The van der Waals surface area contributed by atoms with E-state index in [1.165, 1.54) is 0 Å². The molecule has 1 aliphatic heterocycles. The van der Waals surface area contributed by atoms with Gasteiger partial charge in [0.2, 0.25) is 5.91 Å². The SMILES string of the molecule is Cc1ccc(-c2cc(C(F)(F)F)nc(SCC(=O)N3CCCc4ccccc43)n2)cc1. The number of nitrogens with zero attached hydrogens (tertiary/aromatic N) is 3. The summed E-state index contributed by atoms with van der Waals surface area (Å²) in [6.45, 7) is 2.49. The summed E-state index contributed by atoms with van der Waals surface area (Å²) in [4.78, 5) is 22.5. The van der Waals surface area contributed by atoms with Crippen LogP contribution >= 0.6 is 11.8 Å². The number of alkyl halides is 3. The number of halogens is 3. The lowest BCUT2D eigenvalue weighted by Gasteiger charge is -2.29. The normalized spacial score (nSPS) is 13.7. The Morgan fingerprint density at radius 1 is 1.10 bits per heavy atom. The van der Waals surface area contributed by atoms with Gasteiger partial charge in [-0.05, 0) is 37.5 Å². The van der Waals surface area contributed by atoms with E-state index in [2.05, 4.69) is 9.97 Å². The van der Waals surface area contributed by atoms with Crippen LogP contribution in [-0.2, 0) is 17.4 Å². The molecule has 8 heteroatoms. The summed E-state index contributed by atoms with van der Waals surface area (Å²) >= 11 is 0.926. The fraction of sp³-hybridized carbons (Fsp3) is 0.261. The second-order valence-corrected chi connectivity index (χ2v) is 8.29. The van der Waals surface area contributed by atoms with Gasteiger partial charge in [-0.2, -0.15) is 13.2 Å². The Labute approximate surface area is 182 Å². The van der Waals surface area contributed by atoms with Crippen LogP contribution in [0.2, 0.25) is 0 Å². The number of aryl methyl sites for hydroxylation is 2. The van der Waals surface area contributed by atoms with E-state index in [4.69, 9.17) is 0 Å². The van der Waals surface area contributed by atoms with Gasteiger partial charge in [-0.15, -0.1) is 0 Å². The van der Waals surface area contributed by atoms with Crippen molar-refractivity contribution >= 4 is 23.4 Å². The van der Waals surface area contributed by atoms with E-state index >= 15 is 0 Å². The summed E-state index contributed by atoms with van der Waals surface area (Å²) in [6, 6.07) is 15.7. The molecule has 0 fully saturated rings. The van der Waals surface area contributed by atoms with E-state index in [0.29, 0.717) is 12.1 Å². The van der Waals surface area contributed by atoms with Crippen molar-refractivity contribution in [2.45, 2.75) is 31.1 Å². The van der Waals surface area contributed by atoms with Crippen LogP contribution in [-0.4, -0.2) is 28.2 Å². The molecule has 0 saturated carbocycles. The third kappa shape index (κ3) is 4.90. The van der Waals surface area contributed by atoms with Crippen LogP contribution < -0.4 is 4.90 Å². The summed E-state index contributed by atoms with van der Waals surface area (Å²) in [5.41, 5.74) is 2.69. The molecule has 0 atom stereocenters. The number of anilines is 1. The van der Waals surface area contributed by atoms with Crippen LogP contribution in [0.25, 0.3) is 11.3 Å². The van der Waals surface area contributed by atoms with Crippen molar-refractivity contribution < 1.29 is 18.0 Å². The first-order chi connectivity index (χ1) is 14.8. The molecule has 1 amide bonds. The molecule has 1 aromatic heterocycles. The molecule has 160 valence electrons. The van der Waals surface area contributed by atoms with E-state index in [9.17, 15) is 18.0 Å². The molecule has 1 aliphatic rings. The number of hydrogen-bond acceptors (Lipinski definition) is 4. The number of aromatic nitrogens is 2. The fourth-order valence-corrected chi connectivity index (χ4v) is 4.24. The highest BCUT2D eigenvalue weighted by Crippen LogP contribution is 2.33. The maximum Gasteiger partial charge on any atom is 0.433 e. The minimum absolute atomic E-state index is 0.0387. The molecule has 31 heavy (non-hydrogen) atoms. The van der Waals surface area contributed by atoms with Gasteiger partial charge >= 0.3 is 6.18 Å². The number of thioether (sulfide) groups is 1. The highest BCUT2D eigenvalue weighted by molar-refractivity contribution is 7.99. The van der Waals surface area contributed by atoms with Gasteiger partial charge in [-0.1, -0.05) is 59.8 Å². The maximum absolute atomic E-state index is 13.4. The van der Waals surface area contributed by atoms with Gasteiger partial charge < -0.3 is 4.90 Å². The number of rotatable bonds is 4. The Bertz CT molecular complexity index is 1100. The average molecular weight is 443 g/mol. The van der Waals surface area contributed by atoms with E-state index in [0.717, 1.165) is 47.5 Å². The van der Waals surface area contributed by atoms with Gasteiger partial charge in [0.25, 0.3) is 0 Å². The minimum atomic E-state index is -4.60. The topological polar surface area (TPSA) is 46.1 Å². The highest BCUT2D eigenvalue weighted by atomic mass is 32.2. The zero-order valence-corrected chi connectivity index (χ0v) is 17.6. The van der Waals surface area contributed by atoms with Crippen LogP contribution in [0.3, 0.4) is 0 Å². The third-order valence-corrected chi connectivity index (χ3v) is 5.91. The molecule has 4 nitrogen and oxygen atoms in total. The van der Waals surface area contributed by atoms with Gasteiger partial charge in [0.1, 0.15) is 5.69 Å². The molecule has 3 aromatic rings. The number of amides is 1. The Balaban J connectivity index is 1.57. The zero-order chi connectivity index (χ0) is 22.0. The lowest BCUT2D eigenvalue weighted by Crippen LogP contribution is -2.36. The van der Waals surface area contributed by atoms with Crippen molar-refractivity contribution in [3.05, 3.63) is 71.4 Å². The van der Waals surface area contributed by atoms with E-state index in [1.54, 1.807) is 17.0 Å². The van der Waals surface area contributed by atoms with Gasteiger partial charge in [-0.3, -0.25) is 4.79 Å². The monoisotopic (exact) mass is 443 g/mol. The second-order valence-electron chi connectivity index (χ2n) is 7.35. The zero-order valence-electron chi connectivity index (χ0n) is 16.8. The summed E-state index contributed by atoms with van der Waals surface area (Å²) in [5, 5.41) is -0.0657. The predicted octanol–water partition coefficient (Wildman–Crippen LogP) is 5.54. The number of benzene rings is 2. The van der Waals surface area contributed by atoms with E-state index < -0.39 is 11.9 Å². The molecule has 0 bridgehead atoms. The van der Waals surface area contributed by atoms with Crippen molar-refractivity contribution in [2.24, 2.45) is 0 Å². The largest absolute Gasteiger partial charge is 0.433 e. The highest BCUT2D eigenvalue weighted by Gasteiger charge is 2.34. The number of para-hydroxylation sites is 1. The number of carbonyl (C=O) groups excluding carboxylic acids is 1. The van der Waals surface area contributed by atoms with Gasteiger partial charge in [-0.25, -0.2) is 9.97 Å². The van der Waals surface area contributed by atoms with Crippen LogP contribution in [0.4, 0.5) is 18.9 Å². The standard InChI is InChI=1S/C23H20F3N3OS/c1-15-8-10-16(11-9-15)18-13-20(23(24,25)26)28-22(27-18)31-14-21(30)29-12-4-6-17-5-2-3-7-19(17)29/h2-3,5,7-11,13H,4,6,12,14H2,1H3. The van der Waals surface area contributed by atoms with Crippen LogP contribution in [0.15, 0.2) is 59.8 Å². The number of carbonyl (C=O) groups is 1. The molecule has 0 saturated heterocycles. The Kier molecular flexibility index (Phi) is 6.00. The Morgan fingerprint density at radius 3 is 2.58 bits per heavy atom. The van der Waals surface area contributed by atoms with Crippen molar-refractivity contribution in [3.63, 3.8) is 0 Å². The summed E-state index contributed by atoms with van der Waals surface area (Å²) in [5.74, 6) is -0.210. The molecule has 0 radical (unpaired) electrons. The molecular formula is C23H20F3N3OS. The maximum atomic E-state index is 13.4. The van der Waals surface area contributed by atoms with Crippen molar-refractivity contribution in [1.29, 1.82) is 0 Å². The fourth-order valence-electron chi connectivity index (χ4n) is 3.50. The molecule has 0 unspecified atom stereocenters. The van der Waals surface area contributed by atoms with Crippen LogP contribution in [0, 0.1) is 6.92 Å². The quantitative estimate of drug-likeness (QED) is 0.392. The van der Waals surface area contributed by atoms with Gasteiger partial charge in [0.05, 0.1) is 11.4 Å².